The van der Waals surface area contributed by atoms with Crippen LogP contribution < -0.4 is 5.76 Å². The van der Waals surface area contributed by atoms with E-state index in [4.69, 9.17) is 0 Å². The number of nitrogens with zero attached hydrogens (tertiary/aromatic N) is 2. The maximum Gasteiger partial charge on any atom is 0.439 e. The van der Waals surface area contributed by atoms with E-state index in [1.807, 2.05) is 30.3 Å². The highest BCUT2D eigenvalue weighted by Gasteiger charge is 1.92. The van der Waals surface area contributed by atoms with Crippen molar-refractivity contribution in [3.8, 4) is 0 Å². The second kappa shape index (κ2) is 3.74. The van der Waals surface area contributed by atoms with Crippen LogP contribution in [0.5, 0.6) is 0 Å². The van der Waals surface area contributed by atoms with Crippen LogP contribution in [0, 0.1) is 0 Å². The van der Waals surface area contributed by atoms with Crippen LogP contribution in [0.4, 0.5) is 0 Å². The highest BCUT2D eigenvalue weighted by atomic mass is 16.4. The molecule has 14 heavy (non-hydrogen) atoms. The smallest absolute Gasteiger partial charge is 0.415 e. The van der Waals surface area contributed by atoms with E-state index in [1.54, 1.807) is 6.21 Å². The molecular weight excluding hydrogens is 180 g/mol. The summed E-state index contributed by atoms with van der Waals surface area (Å²) >= 11 is 0. The van der Waals surface area contributed by atoms with E-state index in [9.17, 15) is 4.79 Å². The summed E-state index contributed by atoms with van der Waals surface area (Å²) in [5.41, 5.74) is 0.931. The Labute approximate surface area is 80.1 Å². The highest BCUT2D eigenvalue weighted by Crippen LogP contribution is 1.94. The van der Waals surface area contributed by atoms with Crippen molar-refractivity contribution in [3.05, 3.63) is 58.9 Å². The topological polar surface area (TPSA) is 47.5 Å². The molecule has 4 nitrogen and oxygen atoms in total. The summed E-state index contributed by atoms with van der Waals surface area (Å²) < 4.78 is 5.68. The third kappa shape index (κ3) is 1.80. The Balaban J connectivity index is 2.24. The molecule has 0 saturated heterocycles. The summed E-state index contributed by atoms with van der Waals surface area (Å²) in [6.45, 7) is 0. The van der Waals surface area contributed by atoms with Gasteiger partial charge in [0.15, 0.2) is 0 Å². The molecule has 0 aliphatic heterocycles. The van der Waals surface area contributed by atoms with Crippen LogP contribution in [0.2, 0.25) is 0 Å². The first-order chi connectivity index (χ1) is 6.86. The van der Waals surface area contributed by atoms with Crippen molar-refractivity contribution in [1.29, 1.82) is 0 Å². The molecule has 4 heteroatoms. The zero-order chi connectivity index (χ0) is 9.80. The van der Waals surface area contributed by atoms with Crippen LogP contribution in [-0.4, -0.2) is 10.9 Å². The molecule has 0 unspecified atom stereocenters. The fourth-order valence-electron chi connectivity index (χ4n) is 1.01. The predicted molar refractivity (Wildman–Crippen MR) is 52.4 cm³/mol. The minimum Gasteiger partial charge on any atom is -0.415 e. The minimum absolute atomic E-state index is 0.489. The van der Waals surface area contributed by atoms with E-state index in [1.165, 1.54) is 12.5 Å². The Kier molecular flexibility index (Phi) is 2.27. The van der Waals surface area contributed by atoms with Crippen LogP contribution in [-0.2, 0) is 0 Å². The van der Waals surface area contributed by atoms with Gasteiger partial charge in [0.05, 0.1) is 12.4 Å². The van der Waals surface area contributed by atoms with Gasteiger partial charge < -0.3 is 4.42 Å². The van der Waals surface area contributed by atoms with Crippen molar-refractivity contribution < 1.29 is 4.42 Å². The molecule has 0 spiro atoms. The Bertz CT molecular complexity index is 482. The molecule has 2 aromatic rings. The molecule has 0 aliphatic rings. The number of hydrogen-bond acceptors (Lipinski definition) is 3. The van der Waals surface area contributed by atoms with Crippen LogP contribution in [0.25, 0.3) is 0 Å². The zero-order valence-corrected chi connectivity index (χ0v) is 7.33. The van der Waals surface area contributed by atoms with Gasteiger partial charge in [0.25, 0.3) is 0 Å². The van der Waals surface area contributed by atoms with Gasteiger partial charge in [0.2, 0.25) is 0 Å². The normalized spacial score (nSPS) is 10.9. The van der Waals surface area contributed by atoms with Crippen molar-refractivity contribution in [2.75, 3.05) is 0 Å². The maximum absolute atomic E-state index is 10.9. The second-order valence-corrected chi connectivity index (χ2v) is 2.67. The number of oxazole rings is 1. The third-order valence-corrected chi connectivity index (χ3v) is 1.69. The molecule has 0 atom stereocenters. The quantitative estimate of drug-likeness (QED) is 0.667. The van der Waals surface area contributed by atoms with Gasteiger partial charge in [-0.1, -0.05) is 30.3 Å². The Morgan fingerprint density at radius 2 is 2.07 bits per heavy atom. The Hall–Kier alpha value is -2.10. The van der Waals surface area contributed by atoms with E-state index in [0.717, 1.165) is 10.2 Å². The molecule has 1 heterocycles. The second-order valence-electron chi connectivity index (χ2n) is 2.67. The van der Waals surface area contributed by atoms with Gasteiger partial charge in [-0.05, 0) is 5.56 Å². The molecule has 0 aliphatic carbocycles. The van der Waals surface area contributed by atoms with Gasteiger partial charge in [-0.2, -0.15) is 9.78 Å². The van der Waals surface area contributed by atoms with Crippen molar-refractivity contribution in [2.45, 2.75) is 0 Å². The first kappa shape index (κ1) is 8.50. The van der Waals surface area contributed by atoms with E-state index >= 15 is 0 Å². The largest absolute Gasteiger partial charge is 0.439 e. The fourth-order valence-corrected chi connectivity index (χ4v) is 1.01. The molecular formula is C10H8N2O2. The van der Waals surface area contributed by atoms with Gasteiger partial charge in [-0.15, -0.1) is 0 Å². The Morgan fingerprint density at radius 1 is 1.29 bits per heavy atom. The van der Waals surface area contributed by atoms with E-state index < -0.39 is 5.76 Å². The van der Waals surface area contributed by atoms with Crippen LogP contribution >= 0.6 is 0 Å². The van der Waals surface area contributed by atoms with Crippen LogP contribution in [0.3, 0.4) is 0 Å². The SMILES string of the molecule is O=c1occn1/N=C/c1ccccc1. The van der Waals surface area contributed by atoms with Gasteiger partial charge >= 0.3 is 5.76 Å². The molecule has 0 fully saturated rings. The minimum atomic E-state index is -0.489. The third-order valence-electron chi connectivity index (χ3n) is 1.69. The van der Waals surface area contributed by atoms with Crippen LogP contribution in [0.1, 0.15) is 5.56 Å². The lowest BCUT2D eigenvalue weighted by atomic mass is 10.2. The fraction of sp³-hybridized carbons (Fsp3) is 0. The lowest BCUT2D eigenvalue weighted by Crippen LogP contribution is -2.08. The zero-order valence-electron chi connectivity index (χ0n) is 7.33. The summed E-state index contributed by atoms with van der Waals surface area (Å²) in [4.78, 5) is 10.9. The Morgan fingerprint density at radius 3 is 2.71 bits per heavy atom. The first-order valence-corrected chi connectivity index (χ1v) is 4.12. The molecule has 0 bridgehead atoms. The van der Waals surface area contributed by atoms with Crippen molar-refractivity contribution in [2.24, 2.45) is 5.10 Å². The maximum atomic E-state index is 10.9. The average Bonchev–Trinajstić information content (AvgIpc) is 2.63. The summed E-state index contributed by atoms with van der Waals surface area (Å²) in [5, 5.41) is 3.92. The summed E-state index contributed by atoms with van der Waals surface area (Å²) in [6, 6.07) is 9.52. The lowest BCUT2D eigenvalue weighted by molar-refractivity contribution is 0.492. The van der Waals surface area contributed by atoms with Crippen LogP contribution in [0.15, 0.2) is 57.1 Å². The molecule has 1 aromatic heterocycles. The van der Waals surface area contributed by atoms with Crippen molar-refractivity contribution >= 4 is 6.21 Å². The summed E-state index contributed by atoms with van der Waals surface area (Å²) in [6.07, 6.45) is 4.35. The number of aromatic nitrogens is 1. The number of hydrogen-bond donors (Lipinski definition) is 0. The molecule has 0 N–H and O–H groups in total. The van der Waals surface area contributed by atoms with Crippen molar-refractivity contribution in [1.82, 2.24) is 4.68 Å². The lowest BCUT2D eigenvalue weighted by Gasteiger charge is -1.90. The van der Waals surface area contributed by atoms with E-state index in [-0.39, 0.29) is 0 Å². The number of rotatable bonds is 2. The number of benzene rings is 1. The standard InChI is InChI=1S/C10H8N2O2/c13-10-12(6-7-14-10)11-8-9-4-2-1-3-5-9/h1-8H/b11-8+. The van der Waals surface area contributed by atoms with Gasteiger partial charge in [-0.25, -0.2) is 4.79 Å². The molecule has 0 saturated carbocycles. The molecule has 0 amide bonds. The summed E-state index contributed by atoms with van der Waals surface area (Å²) in [7, 11) is 0. The van der Waals surface area contributed by atoms with E-state index in [2.05, 4.69) is 9.52 Å². The monoisotopic (exact) mass is 188 g/mol. The van der Waals surface area contributed by atoms with E-state index in [0.29, 0.717) is 0 Å². The molecule has 2 rings (SSSR count). The molecule has 1 aromatic carbocycles. The van der Waals surface area contributed by atoms with Gasteiger partial charge in [0, 0.05) is 0 Å². The molecule has 0 radical (unpaired) electrons. The first-order valence-electron chi connectivity index (χ1n) is 4.12. The van der Waals surface area contributed by atoms with Gasteiger partial charge in [0.1, 0.15) is 6.26 Å². The summed E-state index contributed by atoms with van der Waals surface area (Å²) in [5.74, 6) is -0.489. The predicted octanol–water partition coefficient (Wildman–Crippen LogP) is 1.32. The molecule has 70 valence electrons. The van der Waals surface area contributed by atoms with Gasteiger partial charge in [-0.3, -0.25) is 0 Å². The average molecular weight is 188 g/mol. The van der Waals surface area contributed by atoms with Crippen molar-refractivity contribution in [3.63, 3.8) is 0 Å². The highest BCUT2D eigenvalue weighted by molar-refractivity contribution is 5.79.